The molecular weight excluding hydrogens is 309 g/mol. The summed E-state index contributed by atoms with van der Waals surface area (Å²) in [5.41, 5.74) is -0.220. The first kappa shape index (κ1) is 17.4. The van der Waals surface area contributed by atoms with Gasteiger partial charge in [0.2, 0.25) is 0 Å². The van der Waals surface area contributed by atoms with Crippen LogP contribution in [0.3, 0.4) is 0 Å². The molecule has 2 N–H and O–H groups in total. The molecule has 5 nitrogen and oxygen atoms in total. The standard InChI is InChI=1S/C12H15F3N2O3S/c1-21-6-4-8(11(19)20)16-10(18)9-3-2-5-17(9)7-12(13,14)15/h2-3,5,8H,4,6-7H2,1H3,(H,16,18)(H,19,20). The number of hydrogen-bond acceptors (Lipinski definition) is 3. The topological polar surface area (TPSA) is 71.3 Å². The van der Waals surface area contributed by atoms with Crippen LogP contribution >= 0.6 is 11.8 Å². The summed E-state index contributed by atoms with van der Waals surface area (Å²) >= 11 is 1.41. The second kappa shape index (κ2) is 7.39. The van der Waals surface area contributed by atoms with E-state index in [-0.39, 0.29) is 12.1 Å². The monoisotopic (exact) mass is 324 g/mol. The fraction of sp³-hybridized carbons (Fsp3) is 0.500. The van der Waals surface area contributed by atoms with E-state index in [1.165, 1.54) is 23.9 Å². The van der Waals surface area contributed by atoms with Crippen LogP contribution in [0, 0.1) is 0 Å². The normalized spacial score (nSPS) is 13.0. The maximum absolute atomic E-state index is 12.4. The maximum atomic E-state index is 12.4. The number of aromatic nitrogens is 1. The summed E-state index contributed by atoms with van der Waals surface area (Å²) in [5, 5.41) is 11.2. The van der Waals surface area contributed by atoms with Gasteiger partial charge in [-0.25, -0.2) is 4.79 Å². The summed E-state index contributed by atoms with van der Waals surface area (Å²) in [6.45, 7) is -1.30. The van der Waals surface area contributed by atoms with Crippen molar-refractivity contribution in [2.75, 3.05) is 12.0 Å². The Labute approximate surface area is 123 Å². The lowest BCUT2D eigenvalue weighted by atomic mass is 10.2. The Hall–Kier alpha value is -1.64. The summed E-state index contributed by atoms with van der Waals surface area (Å²) < 4.78 is 37.8. The number of carbonyl (C=O) groups excluding carboxylic acids is 1. The molecule has 0 saturated carbocycles. The van der Waals surface area contributed by atoms with Gasteiger partial charge < -0.3 is 15.0 Å². The quantitative estimate of drug-likeness (QED) is 0.805. The SMILES string of the molecule is CSCCC(NC(=O)c1cccn1CC(F)(F)F)C(=O)O. The smallest absolute Gasteiger partial charge is 0.406 e. The van der Waals surface area contributed by atoms with Crippen LogP contribution in [0.2, 0.25) is 0 Å². The van der Waals surface area contributed by atoms with Gasteiger partial charge in [0.25, 0.3) is 5.91 Å². The Morgan fingerprint density at radius 2 is 2.14 bits per heavy atom. The van der Waals surface area contributed by atoms with Crippen LogP contribution in [-0.2, 0) is 11.3 Å². The molecule has 1 aromatic rings. The van der Waals surface area contributed by atoms with Gasteiger partial charge in [0, 0.05) is 6.20 Å². The number of carboxylic acids is 1. The van der Waals surface area contributed by atoms with Gasteiger partial charge in [-0.3, -0.25) is 4.79 Å². The maximum Gasteiger partial charge on any atom is 0.406 e. The molecule has 9 heteroatoms. The molecular formula is C12H15F3N2O3S. The molecule has 118 valence electrons. The number of hydrogen-bond donors (Lipinski definition) is 2. The predicted octanol–water partition coefficient (Wildman–Crippen LogP) is 1.99. The molecule has 0 aromatic carbocycles. The van der Waals surface area contributed by atoms with Gasteiger partial charge >= 0.3 is 12.1 Å². The van der Waals surface area contributed by atoms with Gasteiger partial charge in [0.1, 0.15) is 18.3 Å². The van der Waals surface area contributed by atoms with Crippen molar-refractivity contribution in [3.63, 3.8) is 0 Å². The van der Waals surface area contributed by atoms with Crippen molar-refractivity contribution in [2.24, 2.45) is 0 Å². The molecule has 1 amide bonds. The first-order valence-electron chi connectivity index (χ1n) is 5.99. The molecule has 0 aliphatic carbocycles. The van der Waals surface area contributed by atoms with Crippen LogP contribution in [0.1, 0.15) is 16.9 Å². The molecule has 0 radical (unpaired) electrons. The molecule has 0 aliphatic heterocycles. The first-order chi connectivity index (χ1) is 9.74. The Morgan fingerprint density at radius 3 is 2.67 bits per heavy atom. The van der Waals surface area contributed by atoms with Gasteiger partial charge in [0.15, 0.2) is 0 Å². The summed E-state index contributed by atoms with van der Waals surface area (Å²) in [6, 6.07) is 1.39. The van der Waals surface area contributed by atoms with Crippen LogP contribution in [0.25, 0.3) is 0 Å². The molecule has 0 fully saturated rings. The number of halogens is 3. The average Bonchev–Trinajstić information content (AvgIpc) is 2.79. The molecule has 1 atom stereocenters. The Balaban J connectivity index is 2.79. The van der Waals surface area contributed by atoms with Crippen molar-refractivity contribution in [1.82, 2.24) is 9.88 Å². The zero-order valence-electron chi connectivity index (χ0n) is 11.2. The van der Waals surface area contributed by atoms with Gasteiger partial charge in [-0.1, -0.05) is 0 Å². The zero-order valence-corrected chi connectivity index (χ0v) is 12.0. The number of rotatable bonds is 7. The summed E-state index contributed by atoms with van der Waals surface area (Å²) in [4.78, 5) is 22.9. The second-order valence-electron chi connectivity index (χ2n) is 4.28. The van der Waals surface area contributed by atoms with Crippen LogP contribution in [-0.4, -0.2) is 45.8 Å². The summed E-state index contributed by atoms with van der Waals surface area (Å²) in [6.07, 6.45) is -1.35. The van der Waals surface area contributed by atoms with E-state index >= 15 is 0 Å². The van der Waals surface area contributed by atoms with Crippen molar-refractivity contribution < 1.29 is 27.9 Å². The van der Waals surface area contributed by atoms with Crippen LogP contribution in [0.4, 0.5) is 13.2 Å². The third kappa shape index (κ3) is 5.70. The lowest BCUT2D eigenvalue weighted by Gasteiger charge is -2.16. The van der Waals surface area contributed by atoms with Crippen LogP contribution in [0.5, 0.6) is 0 Å². The third-order valence-corrected chi connectivity index (χ3v) is 3.27. The second-order valence-corrected chi connectivity index (χ2v) is 5.27. The van der Waals surface area contributed by atoms with Gasteiger partial charge in [-0.2, -0.15) is 24.9 Å². The molecule has 1 heterocycles. The highest BCUT2D eigenvalue weighted by molar-refractivity contribution is 7.98. The highest BCUT2D eigenvalue weighted by Crippen LogP contribution is 2.19. The number of carbonyl (C=O) groups is 2. The van der Waals surface area contributed by atoms with E-state index in [2.05, 4.69) is 5.32 Å². The van der Waals surface area contributed by atoms with Crippen molar-refractivity contribution in [3.8, 4) is 0 Å². The highest BCUT2D eigenvalue weighted by Gasteiger charge is 2.30. The Morgan fingerprint density at radius 1 is 1.48 bits per heavy atom. The Bertz CT molecular complexity index is 502. The highest BCUT2D eigenvalue weighted by atomic mass is 32.2. The van der Waals surface area contributed by atoms with E-state index in [1.54, 1.807) is 6.26 Å². The number of alkyl halides is 3. The molecule has 0 spiro atoms. The lowest BCUT2D eigenvalue weighted by Crippen LogP contribution is -2.42. The molecule has 1 rings (SSSR count). The molecule has 1 unspecified atom stereocenters. The number of amides is 1. The molecule has 1 aromatic heterocycles. The van der Waals surface area contributed by atoms with Gasteiger partial charge in [-0.15, -0.1) is 0 Å². The number of aliphatic carboxylic acids is 1. The largest absolute Gasteiger partial charge is 0.480 e. The van der Waals surface area contributed by atoms with Crippen LogP contribution in [0.15, 0.2) is 18.3 Å². The van der Waals surface area contributed by atoms with E-state index in [0.29, 0.717) is 5.75 Å². The van der Waals surface area contributed by atoms with E-state index < -0.39 is 30.6 Å². The van der Waals surface area contributed by atoms with Crippen molar-refractivity contribution in [3.05, 3.63) is 24.0 Å². The molecule has 0 bridgehead atoms. The van der Waals surface area contributed by atoms with Crippen LogP contribution < -0.4 is 5.32 Å². The van der Waals surface area contributed by atoms with Crippen molar-refractivity contribution >= 4 is 23.6 Å². The summed E-state index contributed by atoms with van der Waals surface area (Å²) in [7, 11) is 0. The average molecular weight is 324 g/mol. The zero-order chi connectivity index (χ0) is 16.0. The van der Waals surface area contributed by atoms with Gasteiger partial charge in [0.05, 0.1) is 0 Å². The number of nitrogens with zero attached hydrogens (tertiary/aromatic N) is 1. The fourth-order valence-electron chi connectivity index (χ4n) is 1.68. The molecule has 0 aliphatic rings. The predicted molar refractivity (Wildman–Crippen MR) is 72.4 cm³/mol. The van der Waals surface area contributed by atoms with E-state index in [4.69, 9.17) is 5.11 Å². The van der Waals surface area contributed by atoms with Gasteiger partial charge in [-0.05, 0) is 30.6 Å². The fourth-order valence-corrected chi connectivity index (χ4v) is 2.15. The Kier molecular flexibility index (Phi) is 6.13. The van der Waals surface area contributed by atoms with Crippen molar-refractivity contribution in [2.45, 2.75) is 25.2 Å². The van der Waals surface area contributed by atoms with Crippen molar-refractivity contribution in [1.29, 1.82) is 0 Å². The number of thioether (sulfide) groups is 1. The van der Waals surface area contributed by atoms with E-state index in [1.807, 2.05) is 0 Å². The van der Waals surface area contributed by atoms with E-state index in [9.17, 15) is 22.8 Å². The summed E-state index contributed by atoms with van der Waals surface area (Å²) in [5.74, 6) is -1.54. The molecule has 21 heavy (non-hydrogen) atoms. The first-order valence-corrected chi connectivity index (χ1v) is 7.38. The minimum absolute atomic E-state index is 0.197. The minimum Gasteiger partial charge on any atom is -0.480 e. The lowest BCUT2D eigenvalue weighted by molar-refractivity contribution is -0.141. The third-order valence-electron chi connectivity index (χ3n) is 2.63. The number of carboxylic acid groups (broad SMARTS) is 1. The molecule has 0 saturated heterocycles. The van der Waals surface area contributed by atoms with E-state index in [0.717, 1.165) is 10.8 Å². The number of nitrogens with one attached hydrogen (secondary N) is 1. The minimum atomic E-state index is -4.46.